The predicted octanol–water partition coefficient (Wildman–Crippen LogP) is 1.62. The number of carbonyl (C=O) groups excluding carboxylic acids is 1. The van der Waals surface area contributed by atoms with Crippen LogP contribution in [0.1, 0.15) is 27.2 Å². The second-order valence-corrected chi connectivity index (χ2v) is 4.59. The monoisotopic (exact) mass is 175 g/mol. The quantitative estimate of drug-likeness (QED) is 0.513. The third-order valence-electron chi connectivity index (χ3n) is 1.89. The lowest BCUT2D eigenvalue weighted by atomic mass is 10.1. The summed E-state index contributed by atoms with van der Waals surface area (Å²) in [7, 11) is 0. The van der Waals surface area contributed by atoms with E-state index in [-0.39, 0.29) is 16.8 Å². The summed E-state index contributed by atoms with van der Waals surface area (Å²) in [5, 5.41) is 0.0155. The van der Waals surface area contributed by atoms with Crippen molar-refractivity contribution in [1.29, 1.82) is 0 Å². The molecule has 0 aliphatic carbocycles. The normalized spacial score (nSPS) is 26.4. The van der Waals surface area contributed by atoms with Crippen molar-refractivity contribution in [2.75, 3.05) is 6.54 Å². The lowest BCUT2D eigenvalue weighted by Gasteiger charge is -2.31. The van der Waals surface area contributed by atoms with Gasteiger partial charge in [0, 0.05) is 18.5 Å². The molecule has 0 spiro atoms. The molecular weight excluding hydrogens is 162 g/mol. The molecule has 0 aromatic carbocycles. The maximum absolute atomic E-state index is 11.3. The Kier molecular flexibility index (Phi) is 2.15. The molecule has 1 aliphatic heterocycles. The van der Waals surface area contributed by atoms with Crippen LogP contribution in [0, 0.1) is 0 Å². The first-order valence-electron chi connectivity index (χ1n) is 3.86. The molecule has 0 radical (unpaired) electrons. The van der Waals surface area contributed by atoms with Crippen LogP contribution < -0.4 is 0 Å². The predicted molar refractivity (Wildman–Crippen MR) is 45.7 cm³/mol. The van der Waals surface area contributed by atoms with Crippen molar-refractivity contribution in [3.63, 3.8) is 0 Å². The zero-order valence-corrected chi connectivity index (χ0v) is 7.98. The molecule has 0 aromatic heterocycles. The van der Waals surface area contributed by atoms with Crippen LogP contribution >= 0.6 is 11.6 Å². The molecule has 0 N–H and O–H groups in total. The Balaban J connectivity index is 2.68. The lowest BCUT2D eigenvalue weighted by molar-refractivity contribution is -0.131. The number of rotatable bonds is 0. The van der Waals surface area contributed by atoms with Crippen LogP contribution in [0.4, 0.5) is 0 Å². The van der Waals surface area contributed by atoms with Crippen LogP contribution in [0.5, 0.6) is 0 Å². The number of hydrogen-bond donors (Lipinski definition) is 0. The number of alkyl halides is 1. The first-order chi connectivity index (χ1) is 4.91. The van der Waals surface area contributed by atoms with E-state index in [9.17, 15) is 4.79 Å². The highest BCUT2D eigenvalue weighted by atomic mass is 35.5. The van der Waals surface area contributed by atoms with Crippen molar-refractivity contribution in [3.05, 3.63) is 0 Å². The molecule has 64 valence electrons. The van der Waals surface area contributed by atoms with Crippen molar-refractivity contribution in [2.24, 2.45) is 0 Å². The first-order valence-corrected chi connectivity index (χ1v) is 4.29. The summed E-state index contributed by atoms with van der Waals surface area (Å²) < 4.78 is 0. The zero-order valence-electron chi connectivity index (χ0n) is 7.22. The third-order valence-corrected chi connectivity index (χ3v) is 2.18. The van der Waals surface area contributed by atoms with E-state index in [0.29, 0.717) is 13.0 Å². The van der Waals surface area contributed by atoms with E-state index in [1.165, 1.54) is 0 Å². The van der Waals surface area contributed by atoms with Gasteiger partial charge >= 0.3 is 0 Å². The third kappa shape index (κ3) is 1.86. The molecule has 2 nitrogen and oxygen atoms in total. The molecule has 3 heteroatoms. The average molecular weight is 176 g/mol. The van der Waals surface area contributed by atoms with Crippen LogP contribution in [-0.4, -0.2) is 28.3 Å². The Morgan fingerprint density at radius 1 is 1.55 bits per heavy atom. The maximum atomic E-state index is 11.3. The van der Waals surface area contributed by atoms with Crippen molar-refractivity contribution in [3.8, 4) is 0 Å². The van der Waals surface area contributed by atoms with E-state index >= 15 is 0 Å². The molecular formula is C8H14ClNO. The summed E-state index contributed by atoms with van der Waals surface area (Å²) >= 11 is 5.85. The fourth-order valence-corrected chi connectivity index (χ4v) is 1.58. The number of likely N-dealkylation sites (tertiary alicyclic amines) is 1. The molecule has 1 atom stereocenters. The van der Waals surface area contributed by atoms with Gasteiger partial charge in [0.05, 0.1) is 5.38 Å². The molecule has 1 aliphatic rings. The van der Waals surface area contributed by atoms with Gasteiger partial charge in [0.15, 0.2) is 0 Å². The summed E-state index contributed by atoms with van der Waals surface area (Å²) in [5.41, 5.74) is -0.0687. The molecule has 1 saturated heterocycles. The second-order valence-electron chi connectivity index (χ2n) is 3.98. The van der Waals surface area contributed by atoms with Crippen molar-refractivity contribution >= 4 is 17.5 Å². The smallest absolute Gasteiger partial charge is 0.224 e. The van der Waals surface area contributed by atoms with Crippen LogP contribution in [0.3, 0.4) is 0 Å². The molecule has 0 saturated carbocycles. The van der Waals surface area contributed by atoms with E-state index < -0.39 is 0 Å². The number of carbonyl (C=O) groups is 1. The van der Waals surface area contributed by atoms with E-state index in [4.69, 9.17) is 11.6 Å². The minimum atomic E-state index is -0.0687. The summed E-state index contributed by atoms with van der Waals surface area (Å²) in [6, 6.07) is 0. The Labute approximate surface area is 72.5 Å². The summed E-state index contributed by atoms with van der Waals surface area (Å²) in [6.07, 6.45) is 0.499. The lowest BCUT2D eigenvalue weighted by Crippen LogP contribution is -2.42. The van der Waals surface area contributed by atoms with Crippen LogP contribution in [0.25, 0.3) is 0 Å². The molecule has 1 amide bonds. The number of hydrogen-bond acceptors (Lipinski definition) is 1. The topological polar surface area (TPSA) is 20.3 Å². The zero-order chi connectivity index (χ0) is 8.65. The van der Waals surface area contributed by atoms with E-state index in [2.05, 4.69) is 0 Å². The second kappa shape index (κ2) is 2.67. The van der Waals surface area contributed by atoms with Gasteiger partial charge in [-0.25, -0.2) is 0 Å². The van der Waals surface area contributed by atoms with Gasteiger partial charge in [0.1, 0.15) is 0 Å². The highest BCUT2D eigenvalue weighted by Gasteiger charge is 2.34. The molecule has 0 bridgehead atoms. The van der Waals surface area contributed by atoms with E-state index in [0.717, 1.165) is 0 Å². The summed E-state index contributed by atoms with van der Waals surface area (Å²) in [6.45, 7) is 6.78. The van der Waals surface area contributed by atoms with Gasteiger partial charge in [-0.15, -0.1) is 11.6 Å². The van der Waals surface area contributed by atoms with Crippen LogP contribution in [-0.2, 0) is 4.79 Å². The maximum Gasteiger partial charge on any atom is 0.224 e. The summed E-state index contributed by atoms with van der Waals surface area (Å²) in [4.78, 5) is 13.1. The van der Waals surface area contributed by atoms with Gasteiger partial charge in [-0.3, -0.25) is 4.79 Å². The van der Waals surface area contributed by atoms with Crippen molar-refractivity contribution in [2.45, 2.75) is 38.1 Å². The SMILES string of the molecule is CC(C)(C)N1CC(Cl)CC1=O. The van der Waals surface area contributed by atoms with Gasteiger partial charge in [0.2, 0.25) is 5.91 Å². The molecule has 0 aromatic rings. The van der Waals surface area contributed by atoms with Gasteiger partial charge in [-0.2, -0.15) is 0 Å². The largest absolute Gasteiger partial charge is 0.336 e. The molecule has 1 fully saturated rings. The van der Waals surface area contributed by atoms with Crippen LogP contribution in [0.15, 0.2) is 0 Å². The standard InChI is InChI=1S/C8H14ClNO/c1-8(2,3)10-5-6(9)4-7(10)11/h6H,4-5H2,1-3H3. The molecule has 1 heterocycles. The van der Waals surface area contributed by atoms with Crippen molar-refractivity contribution < 1.29 is 4.79 Å². The van der Waals surface area contributed by atoms with Gasteiger partial charge in [-0.05, 0) is 20.8 Å². The highest BCUT2D eigenvalue weighted by Crippen LogP contribution is 2.24. The first kappa shape index (κ1) is 8.85. The average Bonchev–Trinajstić information content (AvgIpc) is 2.08. The van der Waals surface area contributed by atoms with Gasteiger partial charge < -0.3 is 4.90 Å². The van der Waals surface area contributed by atoms with E-state index in [1.54, 1.807) is 0 Å². The van der Waals surface area contributed by atoms with Gasteiger partial charge in [-0.1, -0.05) is 0 Å². The molecule has 11 heavy (non-hydrogen) atoms. The Hall–Kier alpha value is -0.240. The van der Waals surface area contributed by atoms with Crippen LogP contribution in [0.2, 0.25) is 0 Å². The summed E-state index contributed by atoms with van der Waals surface area (Å²) in [5.74, 6) is 0.178. The van der Waals surface area contributed by atoms with E-state index in [1.807, 2.05) is 25.7 Å². The van der Waals surface area contributed by atoms with Crippen molar-refractivity contribution in [1.82, 2.24) is 4.90 Å². The Morgan fingerprint density at radius 2 is 2.09 bits per heavy atom. The van der Waals surface area contributed by atoms with Gasteiger partial charge in [0.25, 0.3) is 0 Å². The Morgan fingerprint density at radius 3 is 2.27 bits per heavy atom. The fourth-order valence-electron chi connectivity index (χ4n) is 1.31. The number of amides is 1. The fraction of sp³-hybridized carbons (Fsp3) is 0.875. The number of halogens is 1. The molecule has 1 rings (SSSR count). The molecule has 1 unspecified atom stereocenters. The number of nitrogens with zero attached hydrogens (tertiary/aromatic N) is 1. The highest BCUT2D eigenvalue weighted by molar-refractivity contribution is 6.22. The Bertz CT molecular complexity index is 173. The minimum Gasteiger partial charge on any atom is -0.336 e. The minimum absolute atomic E-state index is 0.0155.